The van der Waals surface area contributed by atoms with Gasteiger partial charge in [0.2, 0.25) is 0 Å². The number of pyridine rings is 1. The van der Waals surface area contributed by atoms with Crippen LogP contribution in [0.2, 0.25) is 0 Å². The second kappa shape index (κ2) is 6.83. The van der Waals surface area contributed by atoms with Crippen molar-refractivity contribution >= 4 is 10.8 Å². The van der Waals surface area contributed by atoms with Crippen molar-refractivity contribution in [3.05, 3.63) is 65.5 Å². The summed E-state index contributed by atoms with van der Waals surface area (Å²) in [7, 11) is 0. The Kier molecular flexibility index (Phi) is 4.22. The fourth-order valence-electron chi connectivity index (χ4n) is 7.57. The van der Waals surface area contributed by atoms with Gasteiger partial charge in [0.1, 0.15) is 0 Å². The van der Waals surface area contributed by atoms with Gasteiger partial charge in [0.05, 0.1) is 0 Å². The summed E-state index contributed by atoms with van der Waals surface area (Å²) in [5.41, 5.74) is 5.48. The van der Waals surface area contributed by atoms with Crippen LogP contribution >= 0.6 is 0 Å². The van der Waals surface area contributed by atoms with Crippen molar-refractivity contribution in [3.8, 4) is 0 Å². The van der Waals surface area contributed by atoms with Crippen LogP contribution in [0.3, 0.4) is 0 Å². The number of fused-ring (bicyclic) bond motifs is 5. The van der Waals surface area contributed by atoms with E-state index in [0.717, 1.165) is 17.8 Å². The minimum absolute atomic E-state index is 0.415. The van der Waals surface area contributed by atoms with E-state index in [1.165, 1.54) is 68.6 Å². The molecule has 1 aromatic carbocycles. The third kappa shape index (κ3) is 2.84. The first-order valence-corrected chi connectivity index (χ1v) is 12.0. The first kappa shape index (κ1) is 17.9. The molecule has 1 nitrogen and oxygen atoms in total. The Hall–Kier alpha value is -1.89. The van der Waals surface area contributed by atoms with E-state index >= 15 is 0 Å². The van der Waals surface area contributed by atoms with Crippen LogP contribution in [0.1, 0.15) is 76.2 Å². The van der Waals surface area contributed by atoms with Gasteiger partial charge in [-0.2, -0.15) is 0 Å². The van der Waals surface area contributed by atoms with Gasteiger partial charge < -0.3 is 0 Å². The Morgan fingerprint density at radius 1 is 0.966 bits per heavy atom. The Labute approximate surface area is 175 Å². The third-order valence-electron chi connectivity index (χ3n) is 9.14. The van der Waals surface area contributed by atoms with E-state index in [4.69, 9.17) is 0 Å². The molecule has 150 valence electrons. The van der Waals surface area contributed by atoms with Crippen molar-refractivity contribution in [1.82, 2.24) is 4.98 Å². The lowest BCUT2D eigenvalue weighted by Crippen LogP contribution is -2.35. The molecule has 2 saturated carbocycles. The summed E-state index contributed by atoms with van der Waals surface area (Å²) in [6, 6.07) is 9.28. The highest BCUT2D eigenvalue weighted by Crippen LogP contribution is 2.62. The second-order valence-electron chi connectivity index (χ2n) is 10.5. The molecule has 4 unspecified atom stereocenters. The van der Waals surface area contributed by atoms with Crippen molar-refractivity contribution in [2.45, 2.75) is 70.6 Å². The predicted octanol–water partition coefficient (Wildman–Crippen LogP) is 7.59. The van der Waals surface area contributed by atoms with E-state index in [9.17, 15) is 0 Å². The number of aromatic nitrogens is 1. The van der Waals surface area contributed by atoms with Gasteiger partial charge in [-0.25, -0.2) is 0 Å². The minimum atomic E-state index is 0.415. The van der Waals surface area contributed by atoms with Crippen LogP contribution in [0, 0.1) is 23.2 Å². The number of allylic oxidation sites excluding steroid dienone is 4. The van der Waals surface area contributed by atoms with E-state index in [0.29, 0.717) is 11.3 Å². The molecule has 1 heterocycles. The molecule has 4 aliphatic carbocycles. The van der Waals surface area contributed by atoms with Crippen molar-refractivity contribution in [1.29, 1.82) is 0 Å². The first-order chi connectivity index (χ1) is 14.2. The van der Waals surface area contributed by atoms with Crippen molar-refractivity contribution in [2.24, 2.45) is 23.2 Å². The SMILES string of the molecule is CC12CC=C3C=C4CCCCC4CCC3C1CC[C@@H]2c1ccc2ccncc2c1. The zero-order valence-electron chi connectivity index (χ0n) is 17.7. The normalized spacial score (nSPS) is 36.4. The molecule has 2 aromatic rings. The molecule has 0 radical (unpaired) electrons. The zero-order valence-corrected chi connectivity index (χ0v) is 17.7. The maximum absolute atomic E-state index is 4.36. The maximum atomic E-state index is 4.36. The van der Waals surface area contributed by atoms with Gasteiger partial charge in [-0.05, 0) is 109 Å². The van der Waals surface area contributed by atoms with Gasteiger partial charge in [-0.1, -0.05) is 43.2 Å². The van der Waals surface area contributed by atoms with Crippen LogP contribution < -0.4 is 0 Å². The Morgan fingerprint density at radius 2 is 1.93 bits per heavy atom. The van der Waals surface area contributed by atoms with Gasteiger partial charge in [0, 0.05) is 17.8 Å². The highest BCUT2D eigenvalue weighted by molar-refractivity contribution is 5.82. The summed E-state index contributed by atoms with van der Waals surface area (Å²) in [5.74, 6) is 3.24. The van der Waals surface area contributed by atoms with E-state index in [1.807, 2.05) is 12.4 Å². The minimum Gasteiger partial charge on any atom is -0.264 e. The fourth-order valence-corrected chi connectivity index (χ4v) is 7.57. The van der Waals surface area contributed by atoms with E-state index in [1.54, 1.807) is 16.7 Å². The zero-order chi connectivity index (χ0) is 19.4. The largest absolute Gasteiger partial charge is 0.264 e. The predicted molar refractivity (Wildman–Crippen MR) is 121 cm³/mol. The lowest BCUT2D eigenvalue weighted by molar-refractivity contribution is 0.137. The highest BCUT2D eigenvalue weighted by atomic mass is 14.6. The fraction of sp³-hybridized carbons (Fsp3) is 0.536. The lowest BCUT2D eigenvalue weighted by Gasteiger charge is -2.44. The smallest absolute Gasteiger partial charge is 0.0346 e. The van der Waals surface area contributed by atoms with Crippen LogP contribution in [0.4, 0.5) is 0 Å². The second-order valence-corrected chi connectivity index (χ2v) is 10.5. The average Bonchev–Trinajstić information content (AvgIpc) is 2.99. The average molecular weight is 384 g/mol. The first-order valence-electron chi connectivity index (χ1n) is 12.0. The van der Waals surface area contributed by atoms with Crippen molar-refractivity contribution < 1.29 is 0 Å². The van der Waals surface area contributed by atoms with Crippen LogP contribution in [0.15, 0.2) is 60.0 Å². The highest BCUT2D eigenvalue weighted by Gasteiger charge is 2.52. The molecule has 0 saturated heterocycles. The van der Waals surface area contributed by atoms with E-state index in [2.05, 4.69) is 48.3 Å². The topological polar surface area (TPSA) is 12.9 Å². The summed E-state index contributed by atoms with van der Waals surface area (Å²) in [6.07, 6.45) is 21.8. The third-order valence-corrected chi connectivity index (χ3v) is 9.14. The molecule has 0 aliphatic heterocycles. The molecule has 2 fully saturated rings. The molecule has 1 aromatic heterocycles. The Balaban J connectivity index is 1.34. The van der Waals surface area contributed by atoms with Gasteiger partial charge in [-0.15, -0.1) is 0 Å². The Morgan fingerprint density at radius 3 is 2.90 bits per heavy atom. The van der Waals surface area contributed by atoms with Crippen molar-refractivity contribution in [3.63, 3.8) is 0 Å². The quantitative estimate of drug-likeness (QED) is 0.494. The molecule has 29 heavy (non-hydrogen) atoms. The van der Waals surface area contributed by atoms with E-state index in [-0.39, 0.29) is 0 Å². The Bertz CT molecular complexity index is 998. The van der Waals surface area contributed by atoms with Crippen molar-refractivity contribution in [2.75, 3.05) is 0 Å². The van der Waals surface area contributed by atoms with Gasteiger partial charge >= 0.3 is 0 Å². The molecule has 0 N–H and O–H groups in total. The molecule has 5 atom stereocenters. The number of hydrogen-bond acceptors (Lipinski definition) is 1. The summed E-state index contributed by atoms with van der Waals surface area (Å²) in [5, 5.41) is 2.61. The standard InChI is InChI=1S/C28H33N/c1-28-14-12-22-16-21-5-3-2-4-19(21)8-9-25(22)27(28)11-10-26(28)23-7-6-20-13-15-29-18-24(20)17-23/h6-7,12-13,15-19,25-27H,2-5,8-11,14H2,1H3/t19?,25?,26-,27?,28?/m1/s1. The molecule has 1 heteroatoms. The molecule has 4 aliphatic rings. The summed E-state index contributed by atoms with van der Waals surface area (Å²) < 4.78 is 0. The van der Waals surface area contributed by atoms with Gasteiger partial charge in [0.25, 0.3) is 0 Å². The summed E-state index contributed by atoms with van der Waals surface area (Å²) in [4.78, 5) is 4.36. The molecular weight excluding hydrogens is 350 g/mol. The number of benzene rings is 1. The van der Waals surface area contributed by atoms with E-state index < -0.39 is 0 Å². The maximum Gasteiger partial charge on any atom is 0.0346 e. The molecule has 0 spiro atoms. The number of hydrogen-bond donors (Lipinski definition) is 0. The van der Waals surface area contributed by atoms with Crippen LogP contribution in [-0.4, -0.2) is 4.98 Å². The van der Waals surface area contributed by atoms with Gasteiger partial charge in [0.15, 0.2) is 0 Å². The summed E-state index contributed by atoms with van der Waals surface area (Å²) >= 11 is 0. The summed E-state index contributed by atoms with van der Waals surface area (Å²) in [6.45, 7) is 2.61. The number of nitrogens with zero attached hydrogens (tertiary/aromatic N) is 1. The molecule has 6 rings (SSSR count). The molecule has 0 amide bonds. The molecular formula is C28H33N. The monoisotopic (exact) mass is 383 g/mol. The van der Waals surface area contributed by atoms with Gasteiger partial charge in [-0.3, -0.25) is 4.98 Å². The number of rotatable bonds is 1. The molecule has 0 bridgehead atoms. The van der Waals surface area contributed by atoms with Crippen LogP contribution in [0.5, 0.6) is 0 Å². The van der Waals surface area contributed by atoms with Crippen LogP contribution in [0.25, 0.3) is 10.8 Å². The lowest BCUT2D eigenvalue weighted by atomic mass is 9.60. The van der Waals surface area contributed by atoms with Crippen LogP contribution in [-0.2, 0) is 0 Å².